The number of hydrogen-bond acceptors (Lipinski definition) is 0. The highest BCUT2D eigenvalue weighted by molar-refractivity contribution is 5.18. The summed E-state index contributed by atoms with van der Waals surface area (Å²) >= 11 is 0. The molecule has 0 aromatic carbocycles. The van der Waals surface area contributed by atoms with Crippen LogP contribution in [0, 0.1) is 0 Å². The lowest BCUT2D eigenvalue weighted by molar-refractivity contribution is 0.959. The number of rotatable bonds is 5. The average Bonchev–Trinajstić information content (AvgIpc) is 2.04. The Morgan fingerprint density at radius 3 is 2.55 bits per heavy atom. The first-order valence-electron chi connectivity index (χ1n) is 4.32. The summed E-state index contributed by atoms with van der Waals surface area (Å²) in [6.45, 7) is 8.16. The second-order valence-corrected chi connectivity index (χ2v) is 2.59. The molecule has 0 heteroatoms. The topological polar surface area (TPSA) is 0 Å². The van der Waals surface area contributed by atoms with Crippen LogP contribution in [0.15, 0.2) is 36.5 Å². The van der Waals surface area contributed by atoms with E-state index in [-0.39, 0.29) is 0 Å². The molecule has 0 aliphatic heterocycles. The van der Waals surface area contributed by atoms with Gasteiger partial charge in [0.2, 0.25) is 0 Å². The van der Waals surface area contributed by atoms with E-state index in [1.807, 2.05) is 0 Å². The lowest BCUT2D eigenvalue weighted by Crippen LogP contribution is -1.67. The molecule has 0 fully saturated rings. The first kappa shape index (κ1) is 10.2. The zero-order chi connectivity index (χ0) is 8.53. The van der Waals surface area contributed by atoms with E-state index in [1.165, 1.54) is 18.4 Å². The summed E-state index contributed by atoms with van der Waals surface area (Å²) in [5.41, 5.74) is 1.19. The van der Waals surface area contributed by atoms with Crippen molar-refractivity contribution in [2.45, 2.75) is 33.1 Å². The van der Waals surface area contributed by atoms with Gasteiger partial charge in [-0.25, -0.2) is 0 Å². The van der Waals surface area contributed by atoms with Gasteiger partial charge in [-0.3, -0.25) is 0 Å². The van der Waals surface area contributed by atoms with Crippen molar-refractivity contribution in [2.24, 2.45) is 0 Å². The van der Waals surface area contributed by atoms with Crippen molar-refractivity contribution in [1.82, 2.24) is 0 Å². The second-order valence-electron chi connectivity index (χ2n) is 2.59. The van der Waals surface area contributed by atoms with Crippen molar-refractivity contribution in [3.8, 4) is 0 Å². The standard InChI is InChI=1S/C11H18/c1-4-6-7-8-9-10-11(3)5-2/h7-10H,3-6H2,1-2H3/b8-7-,10-9-. The van der Waals surface area contributed by atoms with Gasteiger partial charge in [0.05, 0.1) is 0 Å². The quantitative estimate of drug-likeness (QED) is 0.522. The molecule has 0 nitrogen and oxygen atoms in total. The third-order valence-electron chi connectivity index (χ3n) is 1.49. The van der Waals surface area contributed by atoms with Crippen LogP contribution in [0.2, 0.25) is 0 Å². The molecule has 0 bridgehead atoms. The lowest BCUT2D eigenvalue weighted by Gasteiger charge is -1.87. The van der Waals surface area contributed by atoms with E-state index in [4.69, 9.17) is 0 Å². The van der Waals surface area contributed by atoms with Gasteiger partial charge in [-0.05, 0) is 12.8 Å². The van der Waals surface area contributed by atoms with Crippen LogP contribution >= 0.6 is 0 Å². The Morgan fingerprint density at radius 2 is 2.00 bits per heavy atom. The molecule has 0 saturated carbocycles. The van der Waals surface area contributed by atoms with Gasteiger partial charge in [-0.1, -0.05) is 56.7 Å². The molecular weight excluding hydrogens is 132 g/mol. The van der Waals surface area contributed by atoms with E-state index >= 15 is 0 Å². The van der Waals surface area contributed by atoms with Crippen molar-refractivity contribution < 1.29 is 0 Å². The van der Waals surface area contributed by atoms with Crippen molar-refractivity contribution in [3.05, 3.63) is 36.5 Å². The molecule has 0 rings (SSSR count). The number of allylic oxidation sites excluding steroid dienone is 5. The molecule has 0 amide bonds. The zero-order valence-corrected chi connectivity index (χ0v) is 7.64. The van der Waals surface area contributed by atoms with Crippen molar-refractivity contribution in [2.75, 3.05) is 0 Å². The first-order chi connectivity index (χ1) is 5.31. The maximum atomic E-state index is 3.87. The molecule has 0 aromatic heterocycles. The van der Waals surface area contributed by atoms with Crippen LogP contribution in [0.3, 0.4) is 0 Å². The van der Waals surface area contributed by atoms with Crippen molar-refractivity contribution >= 4 is 0 Å². The Morgan fingerprint density at radius 1 is 1.27 bits per heavy atom. The molecule has 0 aliphatic rings. The third-order valence-corrected chi connectivity index (χ3v) is 1.49. The van der Waals surface area contributed by atoms with E-state index in [0.29, 0.717) is 0 Å². The summed E-state index contributed by atoms with van der Waals surface area (Å²) in [5.74, 6) is 0. The van der Waals surface area contributed by atoms with Crippen LogP contribution in [-0.2, 0) is 0 Å². The normalized spacial score (nSPS) is 11.5. The van der Waals surface area contributed by atoms with E-state index in [0.717, 1.165) is 6.42 Å². The second kappa shape index (κ2) is 7.33. The fourth-order valence-electron chi connectivity index (χ4n) is 0.651. The van der Waals surface area contributed by atoms with Crippen LogP contribution < -0.4 is 0 Å². The van der Waals surface area contributed by atoms with Gasteiger partial charge < -0.3 is 0 Å². The number of unbranched alkanes of at least 4 members (excludes halogenated alkanes) is 1. The molecule has 0 unspecified atom stereocenters. The summed E-state index contributed by atoms with van der Waals surface area (Å²) in [5, 5.41) is 0. The van der Waals surface area contributed by atoms with E-state index in [1.54, 1.807) is 0 Å². The lowest BCUT2D eigenvalue weighted by atomic mass is 10.2. The maximum Gasteiger partial charge on any atom is -0.0313 e. The van der Waals surface area contributed by atoms with E-state index < -0.39 is 0 Å². The first-order valence-corrected chi connectivity index (χ1v) is 4.32. The molecule has 0 heterocycles. The number of hydrogen-bond donors (Lipinski definition) is 0. The molecule has 0 N–H and O–H groups in total. The Bertz CT molecular complexity index is 149. The van der Waals surface area contributed by atoms with Crippen LogP contribution in [0.5, 0.6) is 0 Å². The van der Waals surface area contributed by atoms with E-state index in [9.17, 15) is 0 Å². The minimum absolute atomic E-state index is 1.04. The van der Waals surface area contributed by atoms with Crippen LogP contribution in [0.1, 0.15) is 33.1 Å². The molecule has 0 atom stereocenters. The molecule has 62 valence electrons. The van der Waals surface area contributed by atoms with Gasteiger partial charge in [-0.15, -0.1) is 0 Å². The molecule has 0 radical (unpaired) electrons. The Balaban J connectivity index is 3.50. The van der Waals surface area contributed by atoms with Gasteiger partial charge in [0.25, 0.3) is 0 Å². The molecule has 0 saturated heterocycles. The summed E-state index contributed by atoms with van der Waals surface area (Å²) in [6, 6.07) is 0. The summed E-state index contributed by atoms with van der Waals surface area (Å²) in [7, 11) is 0. The summed E-state index contributed by atoms with van der Waals surface area (Å²) in [4.78, 5) is 0. The largest absolute Gasteiger partial charge is 0.0958 e. The smallest absolute Gasteiger partial charge is 0.0313 e. The van der Waals surface area contributed by atoms with Crippen LogP contribution in [0.4, 0.5) is 0 Å². The van der Waals surface area contributed by atoms with Crippen molar-refractivity contribution in [3.63, 3.8) is 0 Å². The highest BCUT2D eigenvalue weighted by Crippen LogP contribution is 1.98. The monoisotopic (exact) mass is 150 g/mol. The minimum Gasteiger partial charge on any atom is -0.0958 e. The highest BCUT2D eigenvalue weighted by atomic mass is 13.8. The molecule has 0 spiro atoms. The fraction of sp³-hybridized carbons (Fsp3) is 0.455. The zero-order valence-electron chi connectivity index (χ0n) is 7.64. The predicted octanol–water partition coefficient (Wildman–Crippen LogP) is 3.87. The SMILES string of the molecule is C=C(/C=C\C=C/CCC)CC. The van der Waals surface area contributed by atoms with Gasteiger partial charge >= 0.3 is 0 Å². The molecule has 0 aliphatic carbocycles. The minimum atomic E-state index is 1.04. The molecule has 11 heavy (non-hydrogen) atoms. The summed E-state index contributed by atoms with van der Waals surface area (Å²) in [6.07, 6.45) is 11.8. The fourth-order valence-corrected chi connectivity index (χ4v) is 0.651. The Labute approximate surface area is 70.3 Å². The highest BCUT2D eigenvalue weighted by Gasteiger charge is 1.77. The average molecular weight is 150 g/mol. The van der Waals surface area contributed by atoms with Gasteiger partial charge in [0.1, 0.15) is 0 Å². The maximum absolute atomic E-state index is 3.87. The van der Waals surface area contributed by atoms with Crippen molar-refractivity contribution in [1.29, 1.82) is 0 Å². The van der Waals surface area contributed by atoms with Gasteiger partial charge in [0.15, 0.2) is 0 Å². The summed E-state index contributed by atoms with van der Waals surface area (Å²) < 4.78 is 0. The third kappa shape index (κ3) is 7.11. The Kier molecular flexibility index (Phi) is 6.81. The van der Waals surface area contributed by atoms with E-state index in [2.05, 4.69) is 44.7 Å². The van der Waals surface area contributed by atoms with Crippen LogP contribution in [0.25, 0.3) is 0 Å². The molecule has 0 aromatic rings. The van der Waals surface area contributed by atoms with Crippen LogP contribution in [-0.4, -0.2) is 0 Å². The predicted molar refractivity (Wildman–Crippen MR) is 52.6 cm³/mol. The van der Waals surface area contributed by atoms with Gasteiger partial charge in [-0.2, -0.15) is 0 Å². The molecular formula is C11H18. The van der Waals surface area contributed by atoms with Gasteiger partial charge in [0, 0.05) is 0 Å². The Hall–Kier alpha value is -0.780.